The highest BCUT2D eigenvalue weighted by Crippen LogP contribution is 2.33. The second-order valence-electron chi connectivity index (χ2n) is 6.85. The Morgan fingerprint density at radius 1 is 1.19 bits per heavy atom. The van der Waals surface area contributed by atoms with Crippen molar-refractivity contribution in [1.29, 1.82) is 0 Å². The van der Waals surface area contributed by atoms with Crippen LogP contribution in [-0.2, 0) is 10.0 Å². The molecule has 0 aliphatic carbocycles. The van der Waals surface area contributed by atoms with E-state index < -0.39 is 15.6 Å². The van der Waals surface area contributed by atoms with Gasteiger partial charge in [-0.2, -0.15) is 0 Å². The fraction of sp³-hybridized carbons (Fsp3) is 1.00. The van der Waals surface area contributed by atoms with Crippen LogP contribution in [0.2, 0.25) is 0 Å². The van der Waals surface area contributed by atoms with E-state index in [1.54, 1.807) is 4.31 Å². The average Bonchev–Trinajstić information content (AvgIpc) is 2.60. The molecule has 0 radical (unpaired) electrons. The molecule has 2 atom stereocenters. The molecular weight excluding hydrogens is 288 g/mol. The highest BCUT2D eigenvalue weighted by molar-refractivity contribution is 7.88. The van der Waals surface area contributed by atoms with E-state index in [9.17, 15) is 13.5 Å². The van der Waals surface area contributed by atoms with E-state index in [4.69, 9.17) is 0 Å². The molecule has 6 heteroatoms. The first kappa shape index (κ1) is 17.2. The van der Waals surface area contributed by atoms with Gasteiger partial charge in [0.05, 0.1) is 11.9 Å². The number of nitrogens with zero attached hydrogens (tertiary/aromatic N) is 2. The SMILES string of the molecule is CCN1CCCC(O)(CC2CCCN(S(C)(=O)=O)C2)CC1. The molecule has 21 heavy (non-hydrogen) atoms. The fourth-order valence-corrected chi connectivity index (χ4v) is 4.73. The lowest BCUT2D eigenvalue weighted by molar-refractivity contribution is -0.00486. The van der Waals surface area contributed by atoms with Gasteiger partial charge in [-0.05, 0) is 57.5 Å². The van der Waals surface area contributed by atoms with Crippen molar-refractivity contribution in [2.75, 3.05) is 39.0 Å². The van der Waals surface area contributed by atoms with Gasteiger partial charge in [-0.25, -0.2) is 12.7 Å². The Kier molecular flexibility index (Phi) is 5.68. The fourth-order valence-electron chi connectivity index (χ4n) is 3.79. The standard InChI is InChI=1S/C15H30N2O3S/c1-3-16-9-5-7-15(18,8-11-16)12-14-6-4-10-17(13-14)21(2,19)20/h14,18H,3-13H2,1-2H3. The largest absolute Gasteiger partial charge is 0.390 e. The molecule has 2 fully saturated rings. The third kappa shape index (κ3) is 4.91. The van der Waals surface area contributed by atoms with Gasteiger partial charge in [0.1, 0.15) is 0 Å². The molecule has 0 amide bonds. The van der Waals surface area contributed by atoms with E-state index >= 15 is 0 Å². The second-order valence-corrected chi connectivity index (χ2v) is 8.83. The molecule has 0 aromatic heterocycles. The van der Waals surface area contributed by atoms with Crippen molar-refractivity contribution in [3.05, 3.63) is 0 Å². The predicted octanol–water partition coefficient (Wildman–Crippen LogP) is 1.28. The van der Waals surface area contributed by atoms with Crippen LogP contribution in [-0.4, -0.2) is 67.3 Å². The summed E-state index contributed by atoms with van der Waals surface area (Å²) >= 11 is 0. The molecule has 2 aliphatic heterocycles. The minimum absolute atomic E-state index is 0.298. The molecule has 1 N–H and O–H groups in total. The van der Waals surface area contributed by atoms with E-state index in [0.717, 1.165) is 58.2 Å². The van der Waals surface area contributed by atoms with Crippen LogP contribution in [0.4, 0.5) is 0 Å². The van der Waals surface area contributed by atoms with E-state index in [-0.39, 0.29) is 0 Å². The lowest BCUT2D eigenvalue weighted by atomic mass is 9.82. The van der Waals surface area contributed by atoms with Crippen LogP contribution < -0.4 is 0 Å². The number of aliphatic hydroxyl groups is 1. The lowest BCUT2D eigenvalue weighted by Crippen LogP contribution is -2.42. The van der Waals surface area contributed by atoms with Crippen LogP contribution >= 0.6 is 0 Å². The summed E-state index contributed by atoms with van der Waals surface area (Å²) in [5.41, 5.74) is -0.602. The Balaban J connectivity index is 1.93. The van der Waals surface area contributed by atoms with Crippen molar-refractivity contribution in [3.63, 3.8) is 0 Å². The predicted molar refractivity (Wildman–Crippen MR) is 84.7 cm³/mol. The Hall–Kier alpha value is -0.170. The molecule has 0 bridgehead atoms. The Morgan fingerprint density at radius 2 is 1.95 bits per heavy atom. The minimum atomic E-state index is -3.10. The molecule has 2 heterocycles. The van der Waals surface area contributed by atoms with Crippen LogP contribution in [0.15, 0.2) is 0 Å². The summed E-state index contributed by atoms with van der Waals surface area (Å²) < 4.78 is 25.0. The summed E-state index contributed by atoms with van der Waals surface area (Å²) in [4.78, 5) is 2.39. The Labute approximate surface area is 129 Å². The molecule has 5 nitrogen and oxygen atoms in total. The summed E-state index contributed by atoms with van der Waals surface area (Å²) in [5, 5.41) is 10.9. The van der Waals surface area contributed by atoms with Crippen molar-refractivity contribution in [3.8, 4) is 0 Å². The minimum Gasteiger partial charge on any atom is -0.390 e. The van der Waals surface area contributed by atoms with Gasteiger partial charge in [-0.15, -0.1) is 0 Å². The Bertz CT molecular complexity index is 440. The first-order chi connectivity index (χ1) is 9.82. The van der Waals surface area contributed by atoms with E-state index in [1.807, 2.05) is 0 Å². The zero-order valence-corrected chi connectivity index (χ0v) is 14.2. The number of rotatable bonds is 4. The van der Waals surface area contributed by atoms with Crippen molar-refractivity contribution < 1.29 is 13.5 Å². The van der Waals surface area contributed by atoms with Crippen LogP contribution in [0.3, 0.4) is 0 Å². The van der Waals surface area contributed by atoms with Crippen LogP contribution in [0.5, 0.6) is 0 Å². The van der Waals surface area contributed by atoms with Crippen molar-refractivity contribution in [1.82, 2.24) is 9.21 Å². The van der Waals surface area contributed by atoms with E-state index in [0.29, 0.717) is 19.0 Å². The number of sulfonamides is 1. The maximum absolute atomic E-state index is 11.7. The van der Waals surface area contributed by atoms with Crippen LogP contribution in [0.25, 0.3) is 0 Å². The van der Waals surface area contributed by atoms with Crippen molar-refractivity contribution in [2.45, 2.75) is 51.0 Å². The maximum Gasteiger partial charge on any atom is 0.211 e. The molecule has 2 rings (SSSR count). The molecular formula is C15H30N2O3S. The number of hydrogen-bond donors (Lipinski definition) is 1. The molecule has 124 valence electrons. The molecule has 0 aromatic carbocycles. The summed E-state index contributed by atoms with van der Waals surface area (Å²) in [7, 11) is -3.10. The third-order valence-corrected chi connectivity index (χ3v) is 6.35. The molecule has 2 unspecified atom stereocenters. The smallest absolute Gasteiger partial charge is 0.211 e. The lowest BCUT2D eigenvalue weighted by Gasteiger charge is -2.36. The van der Waals surface area contributed by atoms with Gasteiger partial charge in [0.2, 0.25) is 10.0 Å². The average molecular weight is 318 g/mol. The second kappa shape index (κ2) is 6.94. The van der Waals surface area contributed by atoms with Crippen LogP contribution in [0, 0.1) is 5.92 Å². The number of hydrogen-bond acceptors (Lipinski definition) is 4. The van der Waals surface area contributed by atoms with Gasteiger partial charge in [0.25, 0.3) is 0 Å². The van der Waals surface area contributed by atoms with E-state index in [2.05, 4.69) is 11.8 Å². The van der Waals surface area contributed by atoms with Gasteiger partial charge < -0.3 is 10.0 Å². The number of likely N-dealkylation sites (tertiary alicyclic amines) is 1. The zero-order chi connectivity index (χ0) is 15.5. The van der Waals surface area contributed by atoms with Crippen LogP contribution in [0.1, 0.15) is 45.4 Å². The summed E-state index contributed by atoms with van der Waals surface area (Å²) in [6, 6.07) is 0. The van der Waals surface area contributed by atoms with Gasteiger partial charge in [-0.3, -0.25) is 0 Å². The monoisotopic (exact) mass is 318 g/mol. The number of piperidine rings is 1. The topological polar surface area (TPSA) is 60.9 Å². The Morgan fingerprint density at radius 3 is 2.62 bits per heavy atom. The highest BCUT2D eigenvalue weighted by Gasteiger charge is 2.35. The van der Waals surface area contributed by atoms with Gasteiger partial charge in [0, 0.05) is 19.6 Å². The van der Waals surface area contributed by atoms with Gasteiger partial charge in [0.15, 0.2) is 0 Å². The maximum atomic E-state index is 11.7. The highest BCUT2D eigenvalue weighted by atomic mass is 32.2. The molecule has 2 aliphatic rings. The van der Waals surface area contributed by atoms with Crippen molar-refractivity contribution >= 4 is 10.0 Å². The molecule has 0 aromatic rings. The van der Waals surface area contributed by atoms with Gasteiger partial charge >= 0.3 is 0 Å². The van der Waals surface area contributed by atoms with Gasteiger partial charge in [-0.1, -0.05) is 6.92 Å². The first-order valence-electron chi connectivity index (χ1n) is 8.22. The molecule has 0 spiro atoms. The molecule has 0 saturated carbocycles. The first-order valence-corrected chi connectivity index (χ1v) is 10.1. The zero-order valence-electron chi connectivity index (χ0n) is 13.4. The van der Waals surface area contributed by atoms with E-state index in [1.165, 1.54) is 6.26 Å². The third-order valence-electron chi connectivity index (χ3n) is 5.08. The van der Waals surface area contributed by atoms with Crippen molar-refractivity contribution in [2.24, 2.45) is 5.92 Å². The molecule has 2 saturated heterocycles. The summed E-state index contributed by atoms with van der Waals surface area (Å²) in [5.74, 6) is 0.298. The summed E-state index contributed by atoms with van der Waals surface area (Å²) in [6.07, 6.45) is 6.67. The quantitative estimate of drug-likeness (QED) is 0.848. The summed E-state index contributed by atoms with van der Waals surface area (Å²) in [6.45, 7) is 6.45. The normalized spacial score (nSPS) is 33.8.